The summed E-state index contributed by atoms with van der Waals surface area (Å²) in [6.07, 6.45) is 8.37. The third-order valence-electron chi connectivity index (χ3n) is 4.84. The lowest BCUT2D eigenvalue weighted by molar-refractivity contribution is -0.113. The van der Waals surface area contributed by atoms with E-state index >= 15 is 0 Å². The number of hydrogen-bond acceptors (Lipinski definition) is 1. The Labute approximate surface area is 99.3 Å². The molecule has 2 aliphatic carbocycles. The normalized spacial score (nSPS) is 39.1. The van der Waals surface area contributed by atoms with Gasteiger partial charge in [-0.3, -0.25) is 0 Å². The van der Waals surface area contributed by atoms with Gasteiger partial charge in [0.1, 0.15) is 6.29 Å². The van der Waals surface area contributed by atoms with Crippen LogP contribution >= 0.6 is 0 Å². The summed E-state index contributed by atoms with van der Waals surface area (Å²) in [4.78, 5) is 11.0. The molecule has 1 fully saturated rings. The van der Waals surface area contributed by atoms with Crippen LogP contribution < -0.4 is 0 Å². The lowest BCUT2D eigenvalue weighted by Crippen LogP contribution is -2.36. The second-order valence-corrected chi connectivity index (χ2v) is 6.07. The molecule has 16 heavy (non-hydrogen) atoms. The largest absolute Gasteiger partial charge is 0.303 e. The molecule has 90 valence electrons. The highest BCUT2D eigenvalue weighted by molar-refractivity contribution is 5.53. The first-order valence-corrected chi connectivity index (χ1v) is 6.75. The standard InChI is InChI=1S/C15H24O/c1-10(2)13-6-4-11(3)14-7-5-12(9-16)8-15(13)14/h4,9-10,12-15H,5-8H2,1-3H3. The topological polar surface area (TPSA) is 17.1 Å². The fourth-order valence-electron chi connectivity index (χ4n) is 3.82. The predicted molar refractivity (Wildman–Crippen MR) is 67.1 cm³/mol. The molecule has 0 aromatic heterocycles. The maximum atomic E-state index is 11.0. The third-order valence-corrected chi connectivity index (χ3v) is 4.84. The average molecular weight is 220 g/mol. The van der Waals surface area contributed by atoms with Crippen molar-refractivity contribution in [2.45, 2.75) is 46.5 Å². The molecule has 0 spiro atoms. The number of hydrogen-bond donors (Lipinski definition) is 0. The highest BCUT2D eigenvalue weighted by Crippen LogP contribution is 2.47. The fraction of sp³-hybridized carbons (Fsp3) is 0.800. The molecule has 0 saturated heterocycles. The van der Waals surface area contributed by atoms with Crippen molar-refractivity contribution in [2.75, 3.05) is 0 Å². The summed E-state index contributed by atoms with van der Waals surface area (Å²) in [6, 6.07) is 0. The van der Waals surface area contributed by atoms with Crippen LogP contribution in [0.5, 0.6) is 0 Å². The fourth-order valence-corrected chi connectivity index (χ4v) is 3.82. The minimum absolute atomic E-state index is 0.341. The molecule has 0 aliphatic heterocycles. The van der Waals surface area contributed by atoms with Gasteiger partial charge in [0, 0.05) is 5.92 Å². The Morgan fingerprint density at radius 1 is 1.38 bits per heavy atom. The van der Waals surface area contributed by atoms with Crippen molar-refractivity contribution in [3.63, 3.8) is 0 Å². The maximum absolute atomic E-state index is 11.0. The molecule has 0 amide bonds. The molecule has 2 aliphatic rings. The molecule has 0 aromatic carbocycles. The number of carbonyl (C=O) groups excluding carboxylic acids is 1. The Kier molecular flexibility index (Phi) is 3.51. The van der Waals surface area contributed by atoms with E-state index in [1.165, 1.54) is 19.1 Å². The lowest BCUT2D eigenvalue weighted by Gasteiger charge is -2.44. The van der Waals surface area contributed by atoms with E-state index in [1.54, 1.807) is 5.57 Å². The van der Waals surface area contributed by atoms with Crippen LogP contribution in [0.1, 0.15) is 46.5 Å². The number of fused-ring (bicyclic) bond motifs is 1. The molecule has 0 radical (unpaired) electrons. The Morgan fingerprint density at radius 2 is 2.12 bits per heavy atom. The maximum Gasteiger partial charge on any atom is 0.123 e. The van der Waals surface area contributed by atoms with Crippen LogP contribution in [0.4, 0.5) is 0 Å². The van der Waals surface area contributed by atoms with E-state index in [4.69, 9.17) is 0 Å². The van der Waals surface area contributed by atoms with E-state index in [0.29, 0.717) is 5.92 Å². The van der Waals surface area contributed by atoms with Crippen LogP contribution in [-0.2, 0) is 4.79 Å². The van der Waals surface area contributed by atoms with Gasteiger partial charge >= 0.3 is 0 Å². The molecule has 1 heteroatoms. The van der Waals surface area contributed by atoms with E-state index in [9.17, 15) is 4.79 Å². The average Bonchev–Trinajstić information content (AvgIpc) is 2.28. The Hall–Kier alpha value is -0.590. The van der Waals surface area contributed by atoms with Crippen LogP contribution in [0.25, 0.3) is 0 Å². The Balaban J connectivity index is 2.18. The zero-order valence-corrected chi connectivity index (χ0v) is 10.8. The first-order chi connectivity index (χ1) is 7.63. The van der Waals surface area contributed by atoms with E-state index < -0.39 is 0 Å². The highest BCUT2D eigenvalue weighted by Gasteiger charge is 2.39. The van der Waals surface area contributed by atoms with Gasteiger partial charge in [0.05, 0.1) is 0 Å². The molecule has 1 saturated carbocycles. The molecule has 1 nitrogen and oxygen atoms in total. The zero-order chi connectivity index (χ0) is 11.7. The summed E-state index contributed by atoms with van der Waals surface area (Å²) < 4.78 is 0. The monoisotopic (exact) mass is 220 g/mol. The summed E-state index contributed by atoms with van der Waals surface area (Å²) in [5.74, 6) is 3.44. The van der Waals surface area contributed by atoms with Crippen molar-refractivity contribution in [3.8, 4) is 0 Å². The minimum Gasteiger partial charge on any atom is -0.303 e. The van der Waals surface area contributed by atoms with Crippen molar-refractivity contribution in [1.29, 1.82) is 0 Å². The van der Waals surface area contributed by atoms with Crippen molar-refractivity contribution >= 4 is 6.29 Å². The van der Waals surface area contributed by atoms with Gasteiger partial charge in [0.25, 0.3) is 0 Å². The van der Waals surface area contributed by atoms with Crippen molar-refractivity contribution in [1.82, 2.24) is 0 Å². The number of rotatable bonds is 2. The van der Waals surface area contributed by atoms with Gasteiger partial charge in [-0.05, 0) is 56.3 Å². The molecule has 2 rings (SSSR count). The van der Waals surface area contributed by atoms with E-state index in [2.05, 4.69) is 26.8 Å². The Bertz CT molecular complexity index is 290. The zero-order valence-electron chi connectivity index (χ0n) is 10.8. The van der Waals surface area contributed by atoms with Gasteiger partial charge < -0.3 is 4.79 Å². The van der Waals surface area contributed by atoms with Crippen LogP contribution in [0, 0.1) is 29.6 Å². The van der Waals surface area contributed by atoms with E-state index in [-0.39, 0.29) is 0 Å². The predicted octanol–water partition coefficient (Wildman–Crippen LogP) is 3.84. The quantitative estimate of drug-likeness (QED) is 0.510. The van der Waals surface area contributed by atoms with Crippen LogP contribution in [0.3, 0.4) is 0 Å². The van der Waals surface area contributed by atoms with Crippen LogP contribution in [0.15, 0.2) is 11.6 Å². The first-order valence-electron chi connectivity index (χ1n) is 6.75. The SMILES string of the molecule is CC1=CCC(C(C)C)C2CC(C=O)CCC12. The van der Waals surface area contributed by atoms with Crippen molar-refractivity contribution < 1.29 is 4.79 Å². The number of aldehydes is 1. The molecule has 0 N–H and O–H groups in total. The van der Waals surface area contributed by atoms with E-state index in [0.717, 1.165) is 36.5 Å². The minimum atomic E-state index is 0.341. The van der Waals surface area contributed by atoms with Gasteiger partial charge in [-0.2, -0.15) is 0 Å². The smallest absolute Gasteiger partial charge is 0.123 e. The molecule has 4 atom stereocenters. The van der Waals surface area contributed by atoms with Gasteiger partial charge in [0.2, 0.25) is 0 Å². The van der Waals surface area contributed by atoms with Crippen molar-refractivity contribution in [2.24, 2.45) is 29.6 Å². The summed E-state index contributed by atoms with van der Waals surface area (Å²) >= 11 is 0. The second kappa shape index (κ2) is 4.73. The molecule has 4 unspecified atom stereocenters. The lowest BCUT2D eigenvalue weighted by atomic mass is 9.61. The molecule has 0 aromatic rings. The molecular weight excluding hydrogens is 196 g/mol. The summed E-state index contributed by atoms with van der Waals surface area (Å²) in [7, 11) is 0. The first kappa shape index (κ1) is 11.9. The van der Waals surface area contributed by atoms with Gasteiger partial charge in [-0.15, -0.1) is 0 Å². The summed E-state index contributed by atoms with van der Waals surface area (Å²) in [6.45, 7) is 6.96. The highest BCUT2D eigenvalue weighted by atomic mass is 16.1. The summed E-state index contributed by atoms with van der Waals surface area (Å²) in [5, 5.41) is 0. The molecule has 0 bridgehead atoms. The van der Waals surface area contributed by atoms with Gasteiger partial charge in [-0.1, -0.05) is 25.5 Å². The Morgan fingerprint density at radius 3 is 2.75 bits per heavy atom. The van der Waals surface area contributed by atoms with Crippen LogP contribution in [0.2, 0.25) is 0 Å². The second-order valence-electron chi connectivity index (χ2n) is 6.07. The summed E-state index contributed by atoms with van der Waals surface area (Å²) in [5.41, 5.74) is 1.59. The molecule has 0 heterocycles. The molecular formula is C15H24O. The van der Waals surface area contributed by atoms with Crippen LogP contribution in [-0.4, -0.2) is 6.29 Å². The van der Waals surface area contributed by atoms with Crippen molar-refractivity contribution in [3.05, 3.63) is 11.6 Å². The van der Waals surface area contributed by atoms with E-state index in [1.807, 2.05) is 0 Å². The van der Waals surface area contributed by atoms with Gasteiger partial charge in [-0.25, -0.2) is 0 Å². The number of carbonyl (C=O) groups is 1. The van der Waals surface area contributed by atoms with Gasteiger partial charge in [0.15, 0.2) is 0 Å². The third kappa shape index (κ3) is 2.09. The number of allylic oxidation sites excluding steroid dienone is 2.